The van der Waals surface area contributed by atoms with Gasteiger partial charge in [-0.1, -0.05) is 0 Å². The second-order valence-electron chi connectivity index (χ2n) is 7.69. The third kappa shape index (κ3) is 3.45. The van der Waals surface area contributed by atoms with Crippen molar-refractivity contribution in [2.75, 3.05) is 6.54 Å². The highest BCUT2D eigenvalue weighted by atomic mass is 15.3. The molecule has 0 radical (unpaired) electrons. The van der Waals surface area contributed by atoms with Crippen LogP contribution in [0.25, 0.3) is 28.4 Å². The molecule has 1 fully saturated rings. The van der Waals surface area contributed by atoms with Crippen LogP contribution in [0.2, 0.25) is 0 Å². The Morgan fingerprint density at radius 2 is 2.13 bits per heavy atom. The minimum atomic E-state index is 0.399. The van der Waals surface area contributed by atoms with E-state index < -0.39 is 0 Å². The number of aryl methyl sites for hydroxylation is 3. The zero-order chi connectivity index (χ0) is 21.5. The largest absolute Gasteiger partial charge is 0.388 e. The van der Waals surface area contributed by atoms with E-state index in [-0.39, 0.29) is 0 Å². The summed E-state index contributed by atoms with van der Waals surface area (Å²) in [5.74, 6) is 2.02. The molecule has 0 aliphatic carbocycles. The van der Waals surface area contributed by atoms with Gasteiger partial charge >= 0.3 is 0 Å². The average molecular weight is 416 g/mol. The molecule has 0 bridgehead atoms. The Kier molecular flexibility index (Phi) is 4.54. The van der Waals surface area contributed by atoms with Crippen molar-refractivity contribution in [1.82, 2.24) is 39.2 Å². The molecule has 0 aromatic carbocycles. The number of allylic oxidation sites excluding steroid dienone is 1. The first-order valence-corrected chi connectivity index (χ1v) is 10.2. The highest BCUT2D eigenvalue weighted by Gasteiger charge is 2.19. The number of amidine groups is 1. The molecule has 31 heavy (non-hydrogen) atoms. The SMILES string of the molecule is Cc1c(-c2ccn(C)n2)cn2nc(-c3nccn3C)nc(N=C(N)/C=C3/CCCN3)c12. The number of hydrogen-bond donors (Lipinski definition) is 2. The molecule has 0 unspecified atom stereocenters. The molecule has 5 heterocycles. The molecule has 1 aliphatic rings. The van der Waals surface area contributed by atoms with Crippen LogP contribution in [0.3, 0.4) is 0 Å². The lowest BCUT2D eigenvalue weighted by Crippen LogP contribution is -2.13. The highest BCUT2D eigenvalue weighted by molar-refractivity contribution is 5.95. The first kappa shape index (κ1) is 19.0. The summed E-state index contributed by atoms with van der Waals surface area (Å²) in [5.41, 5.74) is 11.0. The topological polar surface area (TPSA) is 116 Å². The van der Waals surface area contributed by atoms with Crippen LogP contribution in [0, 0.1) is 6.92 Å². The van der Waals surface area contributed by atoms with Gasteiger partial charge in [0.1, 0.15) is 11.4 Å². The van der Waals surface area contributed by atoms with Crippen LogP contribution in [0.5, 0.6) is 0 Å². The van der Waals surface area contributed by atoms with Gasteiger partial charge in [-0.15, -0.1) is 5.10 Å². The van der Waals surface area contributed by atoms with Gasteiger partial charge in [0.15, 0.2) is 11.6 Å². The lowest BCUT2D eigenvalue weighted by molar-refractivity contribution is 0.770. The van der Waals surface area contributed by atoms with Crippen LogP contribution in [0.1, 0.15) is 18.4 Å². The molecule has 1 saturated heterocycles. The summed E-state index contributed by atoms with van der Waals surface area (Å²) in [6.07, 6.45) is 11.4. The fourth-order valence-electron chi connectivity index (χ4n) is 3.85. The number of aliphatic imine (C=N–C) groups is 1. The molecule has 5 rings (SSSR count). The molecule has 0 saturated carbocycles. The number of aromatic nitrogens is 7. The molecule has 0 amide bonds. The molecule has 0 spiro atoms. The van der Waals surface area contributed by atoms with Gasteiger partial charge in [-0.3, -0.25) is 4.68 Å². The van der Waals surface area contributed by atoms with Crippen molar-refractivity contribution >= 4 is 17.2 Å². The van der Waals surface area contributed by atoms with E-state index in [1.165, 1.54) is 0 Å². The minimum absolute atomic E-state index is 0.399. The number of hydrogen-bond acceptors (Lipinski definition) is 6. The highest BCUT2D eigenvalue weighted by Crippen LogP contribution is 2.32. The first-order valence-electron chi connectivity index (χ1n) is 10.2. The molecule has 10 nitrogen and oxygen atoms in total. The summed E-state index contributed by atoms with van der Waals surface area (Å²) in [7, 11) is 3.80. The second-order valence-corrected chi connectivity index (χ2v) is 7.69. The molecular weight excluding hydrogens is 392 g/mol. The Hall–Kier alpha value is -3.95. The Morgan fingerprint density at radius 1 is 1.26 bits per heavy atom. The van der Waals surface area contributed by atoms with E-state index in [1.807, 2.05) is 56.3 Å². The molecular formula is C21H24N10. The zero-order valence-electron chi connectivity index (χ0n) is 17.7. The number of nitrogens with two attached hydrogens (primary N) is 1. The van der Waals surface area contributed by atoms with Crippen LogP contribution < -0.4 is 11.1 Å². The Bertz CT molecular complexity index is 1330. The maximum atomic E-state index is 6.27. The van der Waals surface area contributed by atoms with Gasteiger partial charge in [-0.25, -0.2) is 19.5 Å². The van der Waals surface area contributed by atoms with E-state index in [1.54, 1.807) is 15.4 Å². The van der Waals surface area contributed by atoms with E-state index in [0.717, 1.165) is 47.4 Å². The van der Waals surface area contributed by atoms with Gasteiger partial charge < -0.3 is 15.6 Å². The van der Waals surface area contributed by atoms with Crippen LogP contribution in [0.4, 0.5) is 5.82 Å². The molecule has 0 atom stereocenters. The fourth-order valence-corrected chi connectivity index (χ4v) is 3.85. The quantitative estimate of drug-likeness (QED) is 0.389. The molecule has 4 aromatic heterocycles. The summed E-state index contributed by atoms with van der Waals surface area (Å²) in [4.78, 5) is 13.8. The maximum absolute atomic E-state index is 6.27. The van der Waals surface area contributed by atoms with E-state index in [0.29, 0.717) is 23.3 Å². The van der Waals surface area contributed by atoms with Crippen molar-refractivity contribution in [2.45, 2.75) is 19.8 Å². The lowest BCUT2D eigenvalue weighted by atomic mass is 10.1. The van der Waals surface area contributed by atoms with Gasteiger partial charge in [0.05, 0.1) is 5.69 Å². The molecule has 4 aromatic rings. The zero-order valence-corrected chi connectivity index (χ0v) is 17.7. The fraction of sp³-hybridized carbons (Fsp3) is 0.286. The molecule has 3 N–H and O–H groups in total. The number of nitrogens with zero attached hydrogens (tertiary/aromatic N) is 8. The van der Waals surface area contributed by atoms with E-state index in [4.69, 9.17) is 15.8 Å². The van der Waals surface area contributed by atoms with Gasteiger partial charge in [-0.05, 0) is 37.5 Å². The van der Waals surface area contributed by atoms with E-state index in [9.17, 15) is 0 Å². The van der Waals surface area contributed by atoms with Gasteiger partial charge in [-0.2, -0.15) is 5.10 Å². The molecule has 1 aliphatic heterocycles. The smallest absolute Gasteiger partial charge is 0.218 e. The van der Waals surface area contributed by atoms with Crippen LogP contribution in [0.15, 0.2) is 47.6 Å². The van der Waals surface area contributed by atoms with Crippen LogP contribution in [-0.4, -0.2) is 46.3 Å². The van der Waals surface area contributed by atoms with Gasteiger partial charge in [0, 0.05) is 56.7 Å². The lowest BCUT2D eigenvalue weighted by Gasteiger charge is -2.06. The summed E-state index contributed by atoms with van der Waals surface area (Å²) in [6, 6.07) is 1.97. The monoisotopic (exact) mass is 416 g/mol. The predicted octanol–water partition coefficient (Wildman–Crippen LogP) is 2.09. The maximum Gasteiger partial charge on any atom is 0.218 e. The Labute approximate surface area is 179 Å². The Balaban J connectivity index is 1.71. The predicted molar refractivity (Wildman–Crippen MR) is 119 cm³/mol. The molecule has 158 valence electrons. The van der Waals surface area contributed by atoms with Crippen molar-refractivity contribution in [3.05, 3.63) is 48.2 Å². The van der Waals surface area contributed by atoms with E-state index in [2.05, 4.69) is 20.4 Å². The third-order valence-electron chi connectivity index (χ3n) is 5.41. The van der Waals surface area contributed by atoms with Crippen LogP contribution in [-0.2, 0) is 14.1 Å². The summed E-state index contributed by atoms with van der Waals surface area (Å²) < 4.78 is 5.45. The summed E-state index contributed by atoms with van der Waals surface area (Å²) >= 11 is 0. The van der Waals surface area contributed by atoms with Crippen molar-refractivity contribution in [1.29, 1.82) is 0 Å². The first-order chi connectivity index (χ1) is 15.0. The second kappa shape index (κ2) is 7.38. The van der Waals surface area contributed by atoms with E-state index >= 15 is 0 Å². The third-order valence-corrected chi connectivity index (χ3v) is 5.41. The normalized spacial score (nSPS) is 15.8. The number of imidazole rings is 1. The minimum Gasteiger partial charge on any atom is -0.388 e. The van der Waals surface area contributed by atoms with Gasteiger partial charge in [0.25, 0.3) is 0 Å². The van der Waals surface area contributed by atoms with Crippen LogP contribution >= 0.6 is 0 Å². The van der Waals surface area contributed by atoms with Gasteiger partial charge in [0.2, 0.25) is 5.82 Å². The standard InChI is InChI=1S/C21H24N10/c1-13-15(16-6-9-30(3)27-16)12-31-18(13)19(25-17(22)11-14-5-4-7-23-14)26-20(28-31)21-24-8-10-29(21)2/h6,8-12,23H,4-5,7H2,1-3H3,(H2,22,25,26,28)/b14-11-. The summed E-state index contributed by atoms with van der Waals surface area (Å²) in [5, 5.41) is 12.6. The number of rotatable bonds is 4. The van der Waals surface area contributed by atoms with Crippen molar-refractivity contribution in [2.24, 2.45) is 24.8 Å². The molecule has 10 heteroatoms. The number of nitrogens with one attached hydrogen (secondary N) is 1. The average Bonchev–Trinajstić information content (AvgIpc) is 3.51. The Morgan fingerprint density at radius 3 is 2.81 bits per heavy atom. The summed E-state index contributed by atoms with van der Waals surface area (Å²) in [6.45, 7) is 2.99. The van der Waals surface area contributed by atoms with Crippen molar-refractivity contribution < 1.29 is 0 Å². The van der Waals surface area contributed by atoms with Crippen molar-refractivity contribution in [3.8, 4) is 22.9 Å². The number of fused-ring (bicyclic) bond motifs is 1. The van der Waals surface area contributed by atoms with Crippen molar-refractivity contribution in [3.63, 3.8) is 0 Å².